The molecule has 130 valence electrons. The van der Waals surface area contributed by atoms with E-state index in [2.05, 4.69) is 34.9 Å². The van der Waals surface area contributed by atoms with E-state index in [1.807, 2.05) is 31.4 Å². The van der Waals surface area contributed by atoms with Crippen LogP contribution < -0.4 is 4.90 Å². The van der Waals surface area contributed by atoms with E-state index in [-0.39, 0.29) is 0 Å². The van der Waals surface area contributed by atoms with Gasteiger partial charge in [0, 0.05) is 20.0 Å². The summed E-state index contributed by atoms with van der Waals surface area (Å²) in [6.45, 7) is 5.39. The van der Waals surface area contributed by atoms with Crippen molar-refractivity contribution in [3.05, 3.63) is 47.4 Å². The fraction of sp³-hybridized carbons (Fsp3) is 0.421. The van der Waals surface area contributed by atoms with Gasteiger partial charge >= 0.3 is 0 Å². The third kappa shape index (κ3) is 2.57. The monoisotopic (exact) mass is 337 g/mol. The van der Waals surface area contributed by atoms with Gasteiger partial charge in [-0.25, -0.2) is 9.97 Å². The van der Waals surface area contributed by atoms with Gasteiger partial charge in [-0.1, -0.05) is 31.2 Å². The highest BCUT2D eigenvalue weighted by Gasteiger charge is 2.39. The average molecular weight is 337 g/mol. The minimum atomic E-state index is -0.850. The normalized spacial score (nSPS) is 20.6. The van der Waals surface area contributed by atoms with E-state index in [1.54, 1.807) is 4.68 Å². The summed E-state index contributed by atoms with van der Waals surface area (Å²) in [5.41, 5.74) is 2.12. The molecule has 6 nitrogen and oxygen atoms in total. The van der Waals surface area contributed by atoms with E-state index in [0.29, 0.717) is 13.0 Å². The van der Waals surface area contributed by atoms with E-state index in [4.69, 9.17) is 4.98 Å². The highest BCUT2D eigenvalue weighted by atomic mass is 16.3. The molecule has 0 spiro atoms. The van der Waals surface area contributed by atoms with Gasteiger partial charge in [0.2, 0.25) is 0 Å². The summed E-state index contributed by atoms with van der Waals surface area (Å²) < 4.78 is 1.78. The Morgan fingerprint density at radius 1 is 1.24 bits per heavy atom. The molecule has 6 heteroatoms. The van der Waals surface area contributed by atoms with Crippen LogP contribution in [0.25, 0.3) is 11.0 Å². The van der Waals surface area contributed by atoms with Gasteiger partial charge in [-0.15, -0.1) is 0 Å². The van der Waals surface area contributed by atoms with E-state index in [0.717, 1.165) is 46.8 Å². The Hall–Kier alpha value is -2.47. The molecule has 0 aliphatic carbocycles. The van der Waals surface area contributed by atoms with Crippen molar-refractivity contribution in [2.45, 2.75) is 32.3 Å². The van der Waals surface area contributed by atoms with Crippen LogP contribution >= 0.6 is 0 Å². The van der Waals surface area contributed by atoms with Crippen LogP contribution in [-0.4, -0.2) is 37.9 Å². The molecular formula is C19H23N5O. The van der Waals surface area contributed by atoms with Gasteiger partial charge in [-0.2, -0.15) is 5.10 Å². The SMILES string of the molecule is CCc1nc(N2CC[C@@](O)(c3ccccc3C)C2)c2cnn(C)c2n1. The van der Waals surface area contributed by atoms with Crippen LogP contribution in [0, 0.1) is 6.92 Å². The quantitative estimate of drug-likeness (QED) is 0.794. The number of aromatic nitrogens is 4. The number of nitrogens with zero attached hydrogens (tertiary/aromatic N) is 5. The molecule has 1 aliphatic rings. The molecule has 1 aliphatic heterocycles. The van der Waals surface area contributed by atoms with Gasteiger partial charge in [0.05, 0.1) is 18.1 Å². The van der Waals surface area contributed by atoms with E-state index in [9.17, 15) is 5.11 Å². The predicted molar refractivity (Wildman–Crippen MR) is 97.6 cm³/mol. The van der Waals surface area contributed by atoms with Gasteiger partial charge < -0.3 is 10.0 Å². The summed E-state index contributed by atoms with van der Waals surface area (Å²) in [6.07, 6.45) is 3.27. The number of benzene rings is 1. The number of fused-ring (bicyclic) bond motifs is 1. The number of aryl methyl sites for hydroxylation is 3. The lowest BCUT2D eigenvalue weighted by atomic mass is 9.89. The van der Waals surface area contributed by atoms with Crippen LogP contribution in [0.1, 0.15) is 30.3 Å². The van der Waals surface area contributed by atoms with Crippen molar-refractivity contribution in [1.29, 1.82) is 0 Å². The summed E-state index contributed by atoms with van der Waals surface area (Å²) in [7, 11) is 1.90. The maximum Gasteiger partial charge on any atom is 0.163 e. The second-order valence-electron chi connectivity index (χ2n) is 6.84. The minimum Gasteiger partial charge on any atom is -0.383 e. The molecule has 0 radical (unpaired) electrons. The molecule has 0 amide bonds. The summed E-state index contributed by atoms with van der Waals surface area (Å²) in [4.78, 5) is 11.5. The first-order chi connectivity index (χ1) is 12.0. The second kappa shape index (κ2) is 5.81. The van der Waals surface area contributed by atoms with Crippen molar-refractivity contribution in [1.82, 2.24) is 19.7 Å². The molecule has 1 fully saturated rings. The number of hydrogen-bond acceptors (Lipinski definition) is 5. The summed E-state index contributed by atoms with van der Waals surface area (Å²) in [6, 6.07) is 8.07. The van der Waals surface area contributed by atoms with Crippen molar-refractivity contribution in [3.8, 4) is 0 Å². The standard InChI is InChI=1S/C19H23N5O/c1-4-16-21-17-14(11-20-23(17)3)18(22-16)24-10-9-19(25,12-24)15-8-6-5-7-13(15)2/h5-8,11,25H,4,9-10,12H2,1-3H3/t19-/m0/s1. The topological polar surface area (TPSA) is 67.1 Å². The Kier molecular flexibility index (Phi) is 3.72. The van der Waals surface area contributed by atoms with Crippen LogP contribution in [0.15, 0.2) is 30.5 Å². The molecule has 4 rings (SSSR count). The van der Waals surface area contributed by atoms with Crippen molar-refractivity contribution < 1.29 is 5.11 Å². The Labute approximate surface area is 147 Å². The van der Waals surface area contributed by atoms with Crippen molar-refractivity contribution in [3.63, 3.8) is 0 Å². The molecular weight excluding hydrogens is 314 g/mol. The third-order valence-electron chi connectivity index (χ3n) is 5.13. The summed E-state index contributed by atoms with van der Waals surface area (Å²) >= 11 is 0. The summed E-state index contributed by atoms with van der Waals surface area (Å²) in [5, 5.41) is 16.5. The third-order valence-corrected chi connectivity index (χ3v) is 5.13. The van der Waals surface area contributed by atoms with Gasteiger partial charge in [0.1, 0.15) is 17.2 Å². The van der Waals surface area contributed by atoms with Gasteiger partial charge in [0.15, 0.2) is 5.65 Å². The molecule has 0 unspecified atom stereocenters. The Balaban J connectivity index is 1.75. The molecule has 1 saturated heterocycles. The predicted octanol–water partition coefficient (Wildman–Crippen LogP) is 2.33. The lowest BCUT2D eigenvalue weighted by Gasteiger charge is -2.26. The molecule has 3 aromatic rings. The first-order valence-corrected chi connectivity index (χ1v) is 8.74. The highest BCUT2D eigenvalue weighted by Crippen LogP contribution is 2.37. The molecule has 1 aromatic carbocycles. The van der Waals surface area contributed by atoms with E-state index < -0.39 is 5.60 Å². The maximum absolute atomic E-state index is 11.3. The molecule has 1 N–H and O–H groups in total. The fourth-order valence-electron chi connectivity index (χ4n) is 3.74. The molecule has 1 atom stereocenters. The fourth-order valence-corrected chi connectivity index (χ4v) is 3.74. The molecule has 3 heterocycles. The number of hydrogen-bond donors (Lipinski definition) is 1. The first kappa shape index (κ1) is 16.0. The Morgan fingerprint density at radius 2 is 2.04 bits per heavy atom. The van der Waals surface area contributed by atoms with E-state index in [1.165, 1.54) is 0 Å². The lowest BCUT2D eigenvalue weighted by molar-refractivity contribution is 0.0600. The molecule has 2 aromatic heterocycles. The van der Waals surface area contributed by atoms with Gasteiger partial charge in [0.25, 0.3) is 0 Å². The number of β-amino-alcohol motifs (C(OH)–C–C–N with tert-alkyl or cyclic N) is 1. The van der Waals surface area contributed by atoms with Crippen molar-refractivity contribution in [2.75, 3.05) is 18.0 Å². The second-order valence-corrected chi connectivity index (χ2v) is 6.84. The van der Waals surface area contributed by atoms with Crippen molar-refractivity contribution in [2.24, 2.45) is 7.05 Å². The smallest absolute Gasteiger partial charge is 0.163 e. The lowest BCUT2D eigenvalue weighted by Crippen LogP contribution is -2.32. The maximum atomic E-state index is 11.3. The minimum absolute atomic E-state index is 0.530. The van der Waals surface area contributed by atoms with Crippen LogP contribution in [-0.2, 0) is 19.1 Å². The largest absolute Gasteiger partial charge is 0.383 e. The zero-order valence-electron chi connectivity index (χ0n) is 14.9. The molecule has 0 bridgehead atoms. The zero-order valence-corrected chi connectivity index (χ0v) is 14.9. The van der Waals surface area contributed by atoms with Gasteiger partial charge in [-0.05, 0) is 24.5 Å². The van der Waals surface area contributed by atoms with Crippen LogP contribution in [0.3, 0.4) is 0 Å². The number of anilines is 1. The van der Waals surface area contributed by atoms with E-state index >= 15 is 0 Å². The zero-order chi connectivity index (χ0) is 17.6. The molecule has 0 saturated carbocycles. The van der Waals surface area contributed by atoms with Crippen LogP contribution in [0.5, 0.6) is 0 Å². The molecule has 25 heavy (non-hydrogen) atoms. The van der Waals surface area contributed by atoms with Crippen molar-refractivity contribution >= 4 is 16.9 Å². The number of aliphatic hydroxyl groups is 1. The highest BCUT2D eigenvalue weighted by molar-refractivity contribution is 5.87. The first-order valence-electron chi connectivity index (χ1n) is 8.74. The van der Waals surface area contributed by atoms with Crippen LogP contribution in [0.2, 0.25) is 0 Å². The average Bonchev–Trinajstić information content (AvgIpc) is 3.19. The van der Waals surface area contributed by atoms with Gasteiger partial charge in [-0.3, -0.25) is 4.68 Å². The number of rotatable bonds is 3. The Bertz CT molecular complexity index is 935. The van der Waals surface area contributed by atoms with Crippen LogP contribution in [0.4, 0.5) is 5.82 Å². The Morgan fingerprint density at radius 3 is 2.80 bits per heavy atom. The summed E-state index contributed by atoms with van der Waals surface area (Å²) in [5.74, 6) is 1.68.